The van der Waals surface area contributed by atoms with Gasteiger partial charge in [0.15, 0.2) is 0 Å². The van der Waals surface area contributed by atoms with Crippen LogP contribution in [0.25, 0.3) is 6.08 Å². The van der Waals surface area contributed by atoms with Crippen molar-refractivity contribution in [3.8, 4) is 5.75 Å². The molecule has 7 rings (SSSR count). The van der Waals surface area contributed by atoms with E-state index in [-0.39, 0.29) is 36.0 Å². The first-order chi connectivity index (χ1) is 21.8. The van der Waals surface area contributed by atoms with E-state index in [1.54, 1.807) is 13.0 Å². The Morgan fingerprint density at radius 1 is 1.02 bits per heavy atom. The molecule has 0 aromatic heterocycles. The molecule has 2 bridgehead atoms. The molecule has 2 aliphatic heterocycles. The summed E-state index contributed by atoms with van der Waals surface area (Å²) in [6, 6.07) is 26.9. The summed E-state index contributed by atoms with van der Waals surface area (Å²) in [5.74, 6) is 0.945. The van der Waals surface area contributed by atoms with Gasteiger partial charge >= 0.3 is 5.97 Å². The van der Waals surface area contributed by atoms with E-state index in [9.17, 15) is 9.59 Å². The molecule has 2 aliphatic carbocycles. The van der Waals surface area contributed by atoms with Crippen molar-refractivity contribution < 1.29 is 19.1 Å². The van der Waals surface area contributed by atoms with Crippen LogP contribution in [-0.4, -0.2) is 65.1 Å². The number of nitrogens with zero attached hydrogens (tertiary/aromatic N) is 2. The van der Waals surface area contributed by atoms with Crippen molar-refractivity contribution in [2.24, 2.45) is 5.92 Å². The molecule has 1 spiro atoms. The van der Waals surface area contributed by atoms with E-state index in [4.69, 9.17) is 9.47 Å². The molecule has 3 aromatic rings. The van der Waals surface area contributed by atoms with Crippen LogP contribution in [0.1, 0.15) is 62.3 Å². The Labute approximate surface area is 267 Å². The number of esters is 1. The predicted octanol–water partition coefficient (Wildman–Crippen LogP) is 6.22. The maximum absolute atomic E-state index is 14.1. The summed E-state index contributed by atoms with van der Waals surface area (Å²) in [7, 11) is 0. The fourth-order valence-electron chi connectivity index (χ4n) is 9.12. The van der Waals surface area contributed by atoms with Crippen molar-refractivity contribution in [3.63, 3.8) is 0 Å². The summed E-state index contributed by atoms with van der Waals surface area (Å²) in [6.45, 7) is 8.31. The topological polar surface area (TPSA) is 59.1 Å². The number of rotatable bonds is 9. The molecular formula is C39H44N2O4. The summed E-state index contributed by atoms with van der Waals surface area (Å²) in [4.78, 5) is 31.7. The number of benzene rings is 3. The maximum Gasteiger partial charge on any atom is 0.303 e. The Hall–Kier alpha value is -3.90. The van der Waals surface area contributed by atoms with Crippen LogP contribution in [0.2, 0.25) is 0 Å². The van der Waals surface area contributed by atoms with Gasteiger partial charge in [0.1, 0.15) is 17.5 Å². The van der Waals surface area contributed by atoms with Crippen LogP contribution in [0.4, 0.5) is 0 Å². The van der Waals surface area contributed by atoms with Gasteiger partial charge in [0.05, 0.1) is 17.5 Å². The van der Waals surface area contributed by atoms with E-state index in [1.165, 1.54) is 16.7 Å². The van der Waals surface area contributed by atoms with E-state index >= 15 is 0 Å². The van der Waals surface area contributed by atoms with Crippen molar-refractivity contribution >= 4 is 18.0 Å². The molecule has 0 N–H and O–H groups in total. The Kier molecular flexibility index (Phi) is 7.81. The van der Waals surface area contributed by atoms with Crippen LogP contribution in [0.3, 0.4) is 0 Å². The molecule has 1 saturated carbocycles. The summed E-state index contributed by atoms with van der Waals surface area (Å²) in [6.07, 6.45) is 7.32. The predicted molar refractivity (Wildman–Crippen MR) is 176 cm³/mol. The fourth-order valence-corrected chi connectivity index (χ4v) is 9.12. The fraction of sp³-hybridized carbons (Fsp3) is 0.436. The highest BCUT2D eigenvalue weighted by atomic mass is 16.6. The summed E-state index contributed by atoms with van der Waals surface area (Å²) in [5.41, 5.74) is 3.59. The third-order valence-electron chi connectivity index (χ3n) is 10.7. The molecule has 2 heterocycles. The first-order valence-electron chi connectivity index (χ1n) is 16.6. The quantitative estimate of drug-likeness (QED) is 0.214. The Balaban J connectivity index is 1.28. The lowest BCUT2D eigenvalue weighted by molar-refractivity contribution is -0.224. The Morgan fingerprint density at radius 2 is 1.78 bits per heavy atom. The summed E-state index contributed by atoms with van der Waals surface area (Å²) >= 11 is 0. The minimum Gasteiger partial charge on any atom is -0.487 e. The van der Waals surface area contributed by atoms with E-state index in [2.05, 4.69) is 72.2 Å². The normalized spacial score (nSPS) is 28.0. The van der Waals surface area contributed by atoms with Gasteiger partial charge in [-0.05, 0) is 73.4 Å². The van der Waals surface area contributed by atoms with E-state index < -0.39 is 11.0 Å². The smallest absolute Gasteiger partial charge is 0.303 e. The van der Waals surface area contributed by atoms with Gasteiger partial charge in [-0.15, -0.1) is 0 Å². The van der Waals surface area contributed by atoms with Crippen molar-refractivity contribution in [1.82, 2.24) is 9.80 Å². The largest absolute Gasteiger partial charge is 0.487 e. The van der Waals surface area contributed by atoms with Crippen LogP contribution in [-0.2, 0) is 32.6 Å². The first-order valence-corrected chi connectivity index (χ1v) is 16.6. The van der Waals surface area contributed by atoms with Gasteiger partial charge in [0.2, 0.25) is 5.91 Å². The zero-order chi connectivity index (χ0) is 31.2. The van der Waals surface area contributed by atoms with Crippen LogP contribution in [0.15, 0.2) is 84.9 Å². The molecule has 1 saturated heterocycles. The Bertz CT molecular complexity index is 1590. The minimum absolute atomic E-state index is 0.00127. The zero-order valence-corrected chi connectivity index (χ0v) is 26.7. The van der Waals surface area contributed by atoms with Crippen LogP contribution >= 0.6 is 0 Å². The number of hydrogen-bond donors (Lipinski definition) is 0. The number of ether oxygens (including phenoxy) is 2. The molecule has 2 fully saturated rings. The van der Waals surface area contributed by atoms with E-state index in [0.717, 1.165) is 43.7 Å². The van der Waals surface area contributed by atoms with Crippen LogP contribution in [0.5, 0.6) is 5.75 Å². The Morgan fingerprint density at radius 3 is 2.51 bits per heavy atom. The molecule has 234 valence electrons. The second-order valence-electron chi connectivity index (χ2n) is 13.8. The number of carbonyl (C=O) groups is 2. The third kappa shape index (κ3) is 4.98. The maximum atomic E-state index is 14.1. The average molecular weight is 605 g/mol. The SMILES string of the molecule is CC(=O)O[C@@]12CCC(N(CC(C)C)C(=O)/C=C/c3ccccc3)C3Oc4cccc5c4[C@@]31CCN(CCc1ccccc1)[C@@H]2C5. The zero-order valence-electron chi connectivity index (χ0n) is 26.7. The molecule has 6 nitrogen and oxygen atoms in total. The second-order valence-corrected chi connectivity index (χ2v) is 13.8. The van der Waals surface area contributed by atoms with Crippen molar-refractivity contribution in [2.75, 3.05) is 19.6 Å². The van der Waals surface area contributed by atoms with Gasteiger partial charge in [-0.3, -0.25) is 14.5 Å². The highest BCUT2D eigenvalue weighted by Crippen LogP contribution is 2.65. The number of carbonyl (C=O) groups excluding carboxylic acids is 2. The van der Waals surface area contributed by atoms with E-state index in [0.29, 0.717) is 19.4 Å². The molecule has 2 unspecified atom stereocenters. The molecule has 45 heavy (non-hydrogen) atoms. The molecule has 4 aliphatic rings. The van der Waals surface area contributed by atoms with Crippen LogP contribution < -0.4 is 4.74 Å². The standard InChI is InChI=1S/C39H44N2O4/c1-27(2)26-41(35(43)18-17-29-11-6-4-7-12-29)32-19-21-39(45-28(3)42)34-25-31-15-10-16-33-36(31)38(39,37(32)44-33)22-24-40(34)23-20-30-13-8-5-9-14-30/h4-18,27,32,34,37H,19-26H2,1-3H3/b18-17+/t32?,34-,37?,38+,39-/m1/s1. The lowest BCUT2D eigenvalue weighted by Crippen LogP contribution is -2.79. The highest BCUT2D eigenvalue weighted by Gasteiger charge is 2.75. The number of hydrogen-bond acceptors (Lipinski definition) is 5. The van der Waals surface area contributed by atoms with Gasteiger partial charge in [-0.25, -0.2) is 0 Å². The lowest BCUT2D eigenvalue weighted by atomic mass is 9.48. The molecule has 1 amide bonds. The third-order valence-corrected chi connectivity index (χ3v) is 10.7. The number of piperidine rings is 1. The van der Waals surface area contributed by atoms with E-state index in [1.807, 2.05) is 36.4 Å². The summed E-state index contributed by atoms with van der Waals surface area (Å²) < 4.78 is 13.7. The molecule has 0 radical (unpaired) electrons. The van der Waals surface area contributed by atoms with Gasteiger partial charge in [0.25, 0.3) is 0 Å². The monoisotopic (exact) mass is 604 g/mol. The van der Waals surface area contributed by atoms with Crippen molar-refractivity contribution in [3.05, 3.63) is 107 Å². The molecular weight excluding hydrogens is 560 g/mol. The number of likely N-dealkylation sites (tertiary alicyclic amines) is 1. The van der Waals surface area contributed by atoms with Crippen molar-refractivity contribution in [2.45, 2.75) is 82.1 Å². The summed E-state index contributed by atoms with van der Waals surface area (Å²) in [5, 5.41) is 0. The molecule has 6 heteroatoms. The van der Waals surface area contributed by atoms with Gasteiger partial charge in [-0.2, -0.15) is 0 Å². The first kappa shape index (κ1) is 29.8. The van der Waals surface area contributed by atoms with Crippen LogP contribution in [0, 0.1) is 5.92 Å². The van der Waals surface area contributed by atoms with Gasteiger partial charge in [0, 0.05) is 31.7 Å². The number of amides is 1. The lowest BCUT2D eigenvalue weighted by Gasteiger charge is -2.65. The molecule has 5 atom stereocenters. The van der Waals surface area contributed by atoms with Gasteiger partial charge in [-0.1, -0.05) is 86.6 Å². The molecule has 3 aromatic carbocycles. The average Bonchev–Trinajstić information content (AvgIpc) is 3.38. The highest BCUT2D eigenvalue weighted by molar-refractivity contribution is 5.92. The second kappa shape index (κ2) is 11.8. The van der Waals surface area contributed by atoms with Crippen molar-refractivity contribution in [1.29, 1.82) is 0 Å². The van der Waals surface area contributed by atoms with Gasteiger partial charge < -0.3 is 14.4 Å². The minimum atomic E-state index is -0.721.